The van der Waals surface area contributed by atoms with E-state index < -0.39 is 0 Å². The Morgan fingerprint density at radius 3 is 2.69 bits per heavy atom. The SMILES string of the molecule is Cc1noc(C)c1CNc1nnc(CCl)o1. The van der Waals surface area contributed by atoms with Crippen LogP contribution in [0.25, 0.3) is 0 Å². The van der Waals surface area contributed by atoms with Gasteiger partial charge in [0.1, 0.15) is 11.6 Å². The van der Waals surface area contributed by atoms with Gasteiger partial charge in [0.2, 0.25) is 5.89 Å². The molecule has 0 saturated carbocycles. The van der Waals surface area contributed by atoms with Crippen LogP contribution < -0.4 is 5.32 Å². The molecule has 0 saturated heterocycles. The van der Waals surface area contributed by atoms with Crippen LogP contribution in [0.2, 0.25) is 0 Å². The maximum absolute atomic E-state index is 5.54. The van der Waals surface area contributed by atoms with Gasteiger partial charge >= 0.3 is 6.01 Å². The third kappa shape index (κ3) is 2.16. The van der Waals surface area contributed by atoms with Crippen molar-refractivity contribution >= 4 is 17.6 Å². The summed E-state index contributed by atoms with van der Waals surface area (Å²) in [4.78, 5) is 0. The van der Waals surface area contributed by atoms with E-state index in [-0.39, 0.29) is 5.88 Å². The van der Waals surface area contributed by atoms with E-state index in [4.69, 9.17) is 20.5 Å². The van der Waals surface area contributed by atoms with E-state index in [1.165, 1.54) is 0 Å². The number of nitrogens with one attached hydrogen (secondary N) is 1. The highest BCUT2D eigenvalue weighted by atomic mass is 35.5. The first kappa shape index (κ1) is 10.9. The van der Waals surface area contributed by atoms with E-state index >= 15 is 0 Å². The normalized spacial score (nSPS) is 10.7. The first-order chi connectivity index (χ1) is 7.70. The predicted molar refractivity (Wildman–Crippen MR) is 57.2 cm³/mol. The first-order valence-electron chi connectivity index (χ1n) is 4.74. The largest absolute Gasteiger partial charge is 0.407 e. The molecule has 0 fully saturated rings. The lowest BCUT2D eigenvalue weighted by Crippen LogP contribution is -2.01. The molecular weight excluding hydrogens is 232 g/mol. The van der Waals surface area contributed by atoms with E-state index in [9.17, 15) is 0 Å². The third-order valence-electron chi connectivity index (χ3n) is 2.18. The van der Waals surface area contributed by atoms with Gasteiger partial charge in [-0.2, -0.15) is 0 Å². The summed E-state index contributed by atoms with van der Waals surface area (Å²) in [7, 11) is 0. The number of nitrogens with zero attached hydrogens (tertiary/aromatic N) is 3. The second-order valence-electron chi connectivity index (χ2n) is 3.29. The van der Waals surface area contributed by atoms with Crippen LogP contribution in [0.5, 0.6) is 0 Å². The Balaban J connectivity index is 2.02. The lowest BCUT2D eigenvalue weighted by molar-refractivity contribution is 0.392. The van der Waals surface area contributed by atoms with Gasteiger partial charge in [0.15, 0.2) is 0 Å². The second kappa shape index (κ2) is 4.52. The van der Waals surface area contributed by atoms with Crippen molar-refractivity contribution in [3.63, 3.8) is 0 Å². The zero-order valence-corrected chi connectivity index (χ0v) is 9.71. The molecule has 0 amide bonds. The Bertz CT molecular complexity index is 460. The van der Waals surface area contributed by atoms with Crippen molar-refractivity contribution in [3.05, 3.63) is 22.9 Å². The third-order valence-corrected chi connectivity index (χ3v) is 2.41. The zero-order chi connectivity index (χ0) is 11.5. The van der Waals surface area contributed by atoms with E-state index in [0.29, 0.717) is 18.5 Å². The van der Waals surface area contributed by atoms with Gasteiger partial charge in [-0.25, -0.2) is 0 Å². The molecule has 2 rings (SSSR count). The van der Waals surface area contributed by atoms with E-state index in [1.54, 1.807) is 0 Å². The highest BCUT2D eigenvalue weighted by Crippen LogP contribution is 2.14. The van der Waals surface area contributed by atoms with Crippen molar-refractivity contribution < 1.29 is 8.94 Å². The summed E-state index contributed by atoms with van der Waals surface area (Å²) in [5.74, 6) is 1.38. The van der Waals surface area contributed by atoms with Crippen molar-refractivity contribution in [1.29, 1.82) is 0 Å². The molecule has 0 spiro atoms. The van der Waals surface area contributed by atoms with E-state index in [1.807, 2.05) is 13.8 Å². The monoisotopic (exact) mass is 242 g/mol. The maximum atomic E-state index is 5.54. The smallest absolute Gasteiger partial charge is 0.315 e. The minimum atomic E-state index is 0.208. The van der Waals surface area contributed by atoms with Crippen LogP contribution in [0.3, 0.4) is 0 Å². The van der Waals surface area contributed by atoms with Crippen molar-refractivity contribution in [2.75, 3.05) is 5.32 Å². The van der Waals surface area contributed by atoms with Gasteiger partial charge in [0.25, 0.3) is 0 Å². The Hall–Kier alpha value is -1.56. The first-order valence-corrected chi connectivity index (χ1v) is 5.28. The minimum absolute atomic E-state index is 0.208. The quantitative estimate of drug-likeness (QED) is 0.827. The number of rotatable bonds is 4. The molecule has 7 heteroatoms. The Labute approximate surface area is 97.0 Å². The number of aryl methyl sites for hydroxylation is 2. The summed E-state index contributed by atoms with van der Waals surface area (Å²) in [6.45, 7) is 4.27. The van der Waals surface area contributed by atoms with Gasteiger partial charge < -0.3 is 14.3 Å². The molecule has 0 aromatic carbocycles. The predicted octanol–water partition coefficient (Wildman–Crippen LogP) is 2.03. The molecule has 2 aromatic rings. The molecule has 0 atom stereocenters. The Kier molecular flexibility index (Phi) is 3.09. The molecule has 16 heavy (non-hydrogen) atoms. The lowest BCUT2D eigenvalue weighted by atomic mass is 10.2. The van der Waals surface area contributed by atoms with Crippen molar-refractivity contribution in [2.24, 2.45) is 0 Å². The van der Waals surface area contributed by atoms with Crippen LogP contribution in [0, 0.1) is 13.8 Å². The Morgan fingerprint density at radius 1 is 1.31 bits per heavy atom. The lowest BCUT2D eigenvalue weighted by Gasteiger charge is -1.99. The standard InChI is InChI=1S/C9H11ClN4O2/c1-5-7(6(2)16-14-5)4-11-9-13-12-8(3-10)15-9/h3-4H2,1-2H3,(H,11,13). The molecule has 1 N–H and O–H groups in total. The number of anilines is 1. The van der Waals surface area contributed by atoms with E-state index in [2.05, 4.69) is 20.7 Å². The molecule has 2 heterocycles. The number of alkyl halides is 1. The Morgan fingerprint density at radius 2 is 2.12 bits per heavy atom. The van der Waals surface area contributed by atoms with Crippen molar-refractivity contribution in [2.45, 2.75) is 26.3 Å². The van der Waals surface area contributed by atoms with Crippen LogP contribution in [-0.2, 0) is 12.4 Å². The molecule has 0 bridgehead atoms. The molecule has 2 aromatic heterocycles. The summed E-state index contributed by atoms with van der Waals surface area (Å²) < 4.78 is 10.2. The fourth-order valence-electron chi connectivity index (χ4n) is 1.30. The van der Waals surface area contributed by atoms with Gasteiger partial charge in [-0.1, -0.05) is 10.3 Å². The van der Waals surface area contributed by atoms with Crippen LogP contribution in [-0.4, -0.2) is 15.4 Å². The fourth-order valence-corrected chi connectivity index (χ4v) is 1.41. The molecule has 0 aliphatic heterocycles. The minimum Gasteiger partial charge on any atom is -0.407 e. The van der Waals surface area contributed by atoms with Gasteiger partial charge in [0, 0.05) is 12.1 Å². The number of aromatic nitrogens is 3. The van der Waals surface area contributed by atoms with Gasteiger partial charge in [-0.15, -0.1) is 16.7 Å². The second-order valence-corrected chi connectivity index (χ2v) is 3.56. The van der Waals surface area contributed by atoms with Crippen molar-refractivity contribution in [1.82, 2.24) is 15.4 Å². The molecule has 0 aliphatic carbocycles. The fraction of sp³-hybridized carbons (Fsp3) is 0.444. The summed E-state index contributed by atoms with van der Waals surface area (Å²) in [6.07, 6.45) is 0. The van der Waals surface area contributed by atoms with Crippen LogP contribution in [0.4, 0.5) is 6.01 Å². The van der Waals surface area contributed by atoms with Crippen LogP contribution in [0.15, 0.2) is 8.94 Å². The highest BCUT2D eigenvalue weighted by Gasteiger charge is 2.10. The summed E-state index contributed by atoms with van der Waals surface area (Å²) >= 11 is 5.54. The van der Waals surface area contributed by atoms with Crippen molar-refractivity contribution in [3.8, 4) is 0 Å². The average Bonchev–Trinajstić information content (AvgIpc) is 2.85. The molecule has 0 radical (unpaired) electrons. The molecule has 6 nitrogen and oxygen atoms in total. The topological polar surface area (TPSA) is 77.0 Å². The number of hydrogen-bond donors (Lipinski definition) is 1. The summed E-state index contributed by atoms with van der Waals surface area (Å²) in [5.41, 5.74) is 1.84. The summed E-state index contributed by atoms with van der Waals surface area (Å²) in [6, 6.07) is 0.343. The number of halogens is 1. The van der Waals surface area contributed by atoms with E-state index in [0.717, 1.165) is 17.0 Å². The van der Waals surface area contributed by atoms with Gasteiger partial charge in [0.05, 0.1) is 5.69 Å². The van der Waals surface area contributed by atoms with Gasteiger partial charge in [-0.3, -0.25) is 0 Å². The molecule has 0 aliphatic rings. The average molecular weight is 243 g/mol. The number of hydrogen-bond acceptors (Lipinski definition) is 6. The van der Waals surface area contributed by atoms with Gasteiger partial charge in [-0.05, 0) is 13.8 Å². The van der Waals surface area contributed by atoms with Crippen LogP contribution in [0.1, 0.15) is 22.9 Å². The van der Waals surface area contributed by atoms with Crippen LogP contribution >= 0.6 is 11.6 Å². The maximum Gasteiger partial charge on any atom is 0.315 e. The zero-order valence-electron chi connectivity index (χ0n) is 8.95. The summed E-state index contributed by atoms with van der Waals surface area (Å²) in [5, 5.41) is 14.3. The molecule has 0 unspecified atom stereocenters. The molecule has 86 valence electrons. The highest BCUT2D eigenvalue weighted by molar-refractivity contribution is 6.16. The molecular formula is C9H11ClN4O2.